The van der Waals surface area contributed by atoms with Crippen LogP contribution in [0, 0.1) is 0 Å². The van der Waals surface area contributed by atoms with Crippen molar-refractivity contribution in [2.24, 2.45) is 0 Å². The third-order valence-electron chi connectivity index (χ3n) is 2.37. The van der Waals surface area contributed by atoms with Crippen LogP contribution in [0.5, 0.6) is 5.19 Å². The Hall–Kier alpha value is -0.980. The summed E-state index contributed by atoms with van der Waals surface area (Å²) in [5.74, 6) is 0. The molecule has 2 aromatic rings. The van der Waals surface area contributed by atoms with Gasteiger partial charge in [0.1, 0.15) is 5.01 Å². The monoisotopic (exact) mass is 297 g/mol. The zero-order chi connectivity index (χ0) is 13.7. The first kappa shape index (κ1) is 14.4. The Morgan fingerprint density at radius 1 is 1.32 bits per heavy atom. The standard InChI is InChI=1S/C13H19N3OS2/c1-13(2,3)14-9-11-15-16-12(19-11)17-7-6-10-5-4-8-18-10/h4-5,8,14H,6-7,9H2,1-3H3. The first-order chi connectivity index (χ1) is 9.03. The van der Waals surface area contributed by atoms with Gasteiger partial charge in [0, 0.05) is 16.8 Å². The fraction of sp³-hybridized carbons (Fsp3) is 0.538. The first-order valence-corrected chi connectivity index (χ1v) is 7.95. The van der Waals surface area contributed by atoms with Crippen molar-refractivity contribution in [3.8, 4) is 5.19 Å². The van der Waals surface area contributed by atoms with Crippen molar-refractivity contribution >= 4 is 22.7 Å². The van der Waals surface area contributed by atoms with E-state index in [0.717, 1.165) is 18.0 Å². The van der Waals surface area contributed by atoms with Crippen molar-refractivity contribution in [3.05, 3.63) is 27.4 Å². The second kappa shape index (κ2) is 6.45. The van der Waals surface area contributed by atoms with Gasteiger partial charge in [0.25, 0.3) is 5.19 Å². The molecule has 1 N–H and O–H groups in total. The molecule has 2 aromatic heterocycles. The Morgan fingerprint density at radius 3 is 2.84 bits per heavy atom. The van der Waals surface area contributed by atoms with Gasteiger partial charge in [-0.2, -0.15) is 0 Å². The van der Waals surface area contributed by atoms with E-state index in [1.165, 1.54) is 16.2 Å². The summed E-state index contributed by atoms with van der Waals surface area (Å²) < 4.78 is 5.62. The zero-order valence-corrected chi connectivity index (χ0v) is 13.1. The van der Waals surface area contributed by atoms with E-state index < -0.39 is 0 Å². The van der Waals surface area contributed by atoms with Gasteiger partial charge in [0.15, 0.2) is 0 Å². The average molecular weight is 297 g/mol. The van der Waals surface area contributed by atoms with E-state index in [2.05, 4.69) is 53.8 Å². The Morgan fingerprint density at radius 2 is 2.16 bits per heavy atom. The largest absolute Gasteiger partial charge is 0.469 e. The normalized spacial score (nSPS) is 11.7. The van der Waals surface area contributed by atoms with Gasteiger partial charge in [-0.15, -0.1) is 21.5 Å². The lowest BCUT2D eigenvalue weighted by Gasteiger charge is -2.19. The van der Waals surface area contributed by atoms with Crippen LogP contribution in [0.2, 0.25) is 0 Å². The highest BCUT2D eigenvalue weighted by Gasteiger charge is 2.11. The summed E-state index contributed by atoms with van der Waals surface area (Å²) in [6.45, 7) is 7.78. The predicted octanol–water partition coefficient (Wildman–Crippen LogP) is 3.11. The third kappa shape index (κ3) is 5.26. The van der Waals surface area contributed by atoms with Crippen LogP contribution in [0.1, 0.15) is 30.7 Å². The number of thiophene rings is 1. The summed E-state index contributed by atoms with van der Waals surface area (Å²) in [5, 5.41) is 15.2. The molecule has 19 heavy (non-hydrogen) atoms. The van der Waals surface area contributed by atoms with Gasteiger partial charge >= 0.3 is 0 Å². The summed E-state index contributed by atoms with van der Waals surface area (Å²) in [6.07, 6.45) is 0.923. The van der Waals surface area contributed by atoms with Gasteiger partial charge in [0.05, 0.1) is 13.2 Å². The molecule has 2 rings (SSSR count). The molecule has 0 fully saturated rings. The highest BCUT2D eigenvalue weighted by molar-refractivity contribution is 7.13. The van der Waals surface area contributed by atoms with Crippen molar-refractivity contribution in [1.29, 1.82) is 0 Å². The van der Waals surface area contributed by atoms with Crippen LogP contribution in [0.25, 0.3) is 0 Å². The molecule has 0 aliphatic rings. The fourth-order valence-electron chi connectivity index (χ4n) is 1.40. The van der Waals surface area contributed by atoms with E-state index in [9.17, 15) is 0 Å². The van der Waals surface area contributed by atoms with E-state index >= 15 is 0 Å². The van der Waals surface area contributed by atoms with Gasteiger partial charge < -0.3 is 10.1 Å². The molecule has 0 amide bonds. The molecule has 6 heteroatoms. The summed E-state index contributed by atoms with van der Waals surface area (Å²) in [6, 6.07) is 4.17. The molecule has 0 bridgehead atoms. The lowest BCUT2D eigenvalue weighted by Crippen LogP contribution is -2.35. The van der Waals surface area contributed by atoms with Crippen LogP contribution >= 0.6 is 22.7 Å². The molecule has 0 spiro atoms. The van der Waals surface area contributed by atoms with Crippen molar-refractivity contribution in [1.82, 2.24) is 15.5 Å². The molecule has 2 heterocycles. The van der Waals surface area contributed by atoms with E-state index in [1.807, 2.05) is 0 Å². The predicted molar refractivity (Wildman–Crippen MR) is 80.0 cm³/mol. The van der Waals surface area contributed by atoms with Crippen LogP contribution in [0.15, 0.2) is 17.5 Å². The molecule has 0 saturated heterocycles. The number of ether oxygens (including phenoxy) is 1. The maximum Gasteiger partial charge on any atom is 0.294 e. The number of aromatic nitrogens is 2. The summed E-state index contributed by atoms with van der Waals surface area (Å²) in [4.78, 5) is 1.33. The second-order valence-corrected chi connectivity index (χ2v) is 7.30. The van der Waals surface area contributed by atoms with Gasteiger partial charge in [-0.25, -0.2) is 0 Å². The lowest BCUT2D eigenvalue weighted by atomic mass is 10.1. The third-order valence-corrected chi connectivity index (χ3v) is 4.14. The van der Waals surface area contributed by atoms with Crippen molar-refractivity contribution < 1.29 is 4.74 Å². The Labute approximate surface area is 121 Å². The fourth-order valence-corrected chi connectivity index (χ4v) is 2.74. The van der Waals surface area contributed by atoms with Crippen LogP contribution in [0.4, 0.5) is 0 Å². The minimum absolute atomic E-state index is 0.0891. The second-order valence-electron chi connectivity index (χ2n) is 5.24. The highest BCUT2D eigenvalue weighted by atomic mass is 32.1. The topological polar surface area (TPSA) is 47.0 Å². The van der Waals surface area contributed by atoms with E-state index in [-0.39, 0.29) is 5.54 Å². The van der Waals surface area contributed by atoms with Gasteiger partial charge in [-0.1, -0.05) is 17.4 Å². The van der Waals surface area contributed by atoms with Crippen LogP contribution < -0.4 is 10.1 Å². The van der Waals surface area contributed by atoms with Crippen LogP contribution in [-0.2, 0) is 13.0 Å². The highest BCUT2D eigenvalue weighted by Crippen LogP contribution is 2.19. The molecule has 0 unspecified atom stereocenters. The zero-order valence-electron chi connectivity index (χ0n) is 11.5. The summed E-state index contributed by atoms with van der Waals surface area (Å²) in [7, 11) is 0. The number of hydrogen-bond donors (Lipinski definition) is 1. The SMILES string of the molecule is CC(C)(C)NCc1nnc(OCCc2cccs2)s1. The van der Waals surface area contributed by atoms with Crippen LogP contribution in [0.3, 0.4) is 0 Å². The maximum atomic E-state index is 5.62. The number of rotatable bonds is 6. The number of hydrogen-bond acceptors (Lipinski definition) is 6. The Balaban J connectivity index is 1.74. The summed E-state index contributed by atoms with van der Waals surface area (Å²) in [5.41, 5.74) is 0.0891. The van der Waals surface area contributed by atoms with E-state index in [4.69, 9.17) is 4.74 Å². The van der Waals surface area contributed by atoms with E-state index in [0.29, 0.717) is 11.8 Å². The molecule has 0 aromatic carbocycles. The smallest absolute Gasteiger partial charge is 0.294 e. The molecule has 0 atom stereocenters. The van der Waals surface area contributed by atoms with Crippen molar-refractivity contribution in [3.63, 3.8) is 0 Å². The quantitative estimate of drug-likeness (QED) is 0.890. The van der Waals surface area contributed by atoms with Crippen LogP contribution in [-0.4, -0.2) is 22.3 Å². The minimum atomic E-state index is 0.0891. The molecule has 0 radical (unpaired) electrons. The summed E-state index contributed by atoms with van der Waals surface area (Å²) >= 11 is 3.26. The van der Waals surface area contributed by atoms with Gasteiger partial charge in [-0.05, 0) is 32.2 Å². The average Bonchev–Trinajstić information content (AvgIpc) is 2.97. The molecule has 0 saturated carbocycles. The molecular weight excluding hydrogens is 278 g/mol. The lowest BCUT2D eigenvalue weighted by molar-refractivity contribution is 0.318. The molecule has 0 aliphatic carbocycles. The molecule has 4 nitrogen and oxygen atoms in total. The maximum absolute atomic E-state index is 5.62. The number of nitrogens with zero attached hydrogens (tertiary/aromatic N) is 2. The Bertz CT molecular complexity index is 488. The molecular formula is C13H19N3OS2. The van der Waals surface area contributed by atoms with Crippen molar-refractivity contribution in [2.75, 3.05) is 6.61 Å². The van der Waals surface area contributed by atoms with Crippen molar-refractivity contribution in [2.45, 2.75) is 39.3 Å². The van der Waals surface area contributed by atoms with E-state index in [1.54, 1.807) is 11.3 Å². The number of nitrogens with one attached hydrogen (secondary N) is 1. The van der Waals surface area contributed by atoms with Gasteiger partial charge in [0.2, 0.25) is 0 Å². The molecule has 104 valence electrons. The first-order valence-electron chi connectivity index (χ1n) is 6.25. The van der Waals surface area contributed by atoms with Gasteiger partial charge in [-0.3, -0.25) is 0 Å². The minimum Gasteiger partial charge on any atom is -0.469 e. The molecule has 0 aliphatic heterocycles. The Kier molecular flexibility index (Phi) is 4.90.